The molecule has 0 unspecified atom stereocenters. The van der Waals surface area contributed by atoms with Gasteiger partial charge in [-0.15, -0.1) is 0 Å². The van der Waals surface area contributed by atoms with Gasteiger partial charge < -0.3 is 4.57 Å². The van der Waals surface area contributed by atoms with E-state index in [2.05, 4.69) is 6.58 Å². The van der Waals surface area contributed by atoms with Crippen LogP contribution < -0.4 is 0 Å². The highest BCUT2D eigenvalue weighted by atomic mass is 19.4. The lowest BCUT2D eigenvalue weighted by Crippen LogP contribution is -2.12. The van der Waals surface area contributed by atoms with E-state index in [1.54, 1.807) is 0 Å². The topological polar surface area (TPSA) is 4.93 Å². The fourth-order valence-corrected chi connectivity index (χ4v) is 1.79. The van der Waals surface area contributed by atoms with Crippen LogP contribution in [-0.4, -0.2) is 10.7 Å². The van der Waals surface area contributed by atoms with E-state index in [0.717, 1.165) is 16.7 Å². The third-order valence-corrected chi connectivity index (χ3v) is 2.73. The Labute approximate surface area is 99.1 Å². The Kier molecular flexibility index (Phi) is 2.68. The van der Waals surface area contributed by atoms with Crippen LogP contribution in [0.3, 0.4) is 0 Å². The Bertz CT molecular complexity index is 636. The van der Waals surface area contributed by atoms with E-state index >= 15 is 0 Å². The van der Waals surface area contributed by atoms with E-state index in [1.807, 2.05) is 0 Å². The Hall–Kier alpha value is -1.85. The average molecular weight is 261 g/mol. The molecule has 6 heteroatoms. The predicted octanol–water partition coefficient (Wildman–Crippen LogP) is 4.03. The minimum atomic E-state index is -4.61. The molecule has 1 aromatic carbocycles. The Balaban J connectivity index is 2.72. The zero-order valence-electron chi connectivity index (χ0n) is 9.28. The monoisotopic (exact) mass is 261 g/mol. The molecule has 18 heavy (non-hydrogen) atoms. The van der Waals surface area contributed by atoms with Crippen LogP contribution in [-0.2, 0) is 7.05 Å². The minimum absolute atomic E-state index is 0.0490. The summed E-state index contributed by atoms with van der Waals surface area (Å²) in [6, 6.07) is 2.62. The lowest BCUT2D eigenvalue weighted by molar-refractivity contribution is -0.0690. The molecular formula is C12H8F5N. The summed E-state index contributed by atoms with van der Waals surface area (Å²) in [5, 5.41) is -0.0701. The normalized spacial score (nSPS) is 12.1. The second kappa shape index (κ2) is 3.83. The Morgan fingerprint density at radius 2 is 1.78 bits per heavy atom. The number of halogens is 5. The van der Waals surface area contributed by atoms with Crippen LogP contribution >= 0.6 is 0 Å². The summed E-state index contributed by atoms with van der Waals surface area (Å²) in [6.45, 7) is 2.94. The number of aromatic nitrogens is 1. The van der Waals surface area contributed by atoms with Crippen molar-refractivity contribution >= 4 is 16.5 Å². The van der Waals surface area contributed by atoms with E-state index in [0.29, 0.717) is 6.07 Å². The first kappa shape index (κ1) is 12.6. The molecule has 0 aliphatic heterocycles. The third-order valence-electron chi connectivity index (χ3n) is 2.73. The largest absolute Gasteiger partial charge is 0.417 e. The summed E-state index contributed by atoms with van der Waals surface area (Å²) >= 11 is 0. The SMILES string of the molecule is C=C(c1cc2c(F)cc(F)cc2n1C)C(F)(F)F. The molecule has 1 nitrogen and oxygen atoms in total. The molecule has 2 rings (SSSR count). The van der Waals surface area contributed by atoms with Crippen molar-refractivity contribution in [3.8, 4) is 0 Å². The van der Waals surface area contributed by atoms with Crippen LogP contribution in [0.4, 0.5) is 22.0 Å². The number of nitrogens with zero attached hydrogens (tertiary/aromatic N) is 1. The Morgan fingerprint density at radius 3 is 2.33 bits per heavy atom. The number of benzene rings is 1. The predicted molar refractivity (Wildman–Crippen MR) is 57.9 cm³/mol. The van der Waals surface area contributed by atoms with Crippen molar-refractivity contribution < 1.29 is 22.0 Å². The second-order valence-corrected chi connectivity index (χ2v) is 3.89. The van der Waals surface area contributed by atoms with E-state index in [1.165, 1.54) is 7.05 Å². The summed E-state index contributed by atoms with van der Waals surface area (Å²) in [7, 11) is 1.30. The molecule has 0 spiro atoms. The van der Waals surface area contributed by atoms with Gasteiger partial charge in [0.25, 0.3) is 0 Å². The van der Waals surface area contributed by atoms with Crippen molar-refractivity contribution in [3.05, 3.63) is 42.1 Å². The van der Waals surface area contributed by atoms with Crippen molar-refractivity contribution in [2.45, 2.75) is 6.18 Å². The molecule has 1 heterocycles. The van der Waals surface area contributed by atoms with Gasteiger partial charge in [0.2, 0.25) is 0 Å². The van der Waals surface area contributed by atoms with Gasteiger partial charge in [-0.05, 0) is 12.1 Å². The minimum Gasteiger partial charge on any atom is -0.343 e. The molecule has 0 amide bonds. The highest BCUT2D eigenvalue weighted by Gasteiger charge is 2.34. The maximum absolute atomic E-state index is 13.4. The van der Waals surface area contributed by atoms with Crippen LogP contribution in [0.1, 0.15) is 5.69 Å². The number of hydrogen-bond donors (Lipinski definition) is 0. The molecule has 0 bridgehead atoms. The molecule has 0 saturated carbocycles. The molecule has 0 fully saturated rings. The summed E-state index contributed by atoms with van der Waals surface area (Å²) in [5.74, 6) is -1.74. The molecule has 0 aliphatic rings. The number of allylic oxidation sites excluding steroid dienone is 1. The van der Waals surface area contributed by atoms with Crippen LogP contribution in [0.5, 0.6) is 0 Å². The molecule has 0 saturated heterocycles. The van der Waals surface area contributed by atoms with Gasteiger partial charge in [0.1, 0.15) is 11.6 Å². The number of fused-ring (bicyclic) bond motifs is 1. The maximum atomic E-state index is 13.4. The van der Waals surface area contributed by atoms with Gasteiger partial charge in [0, 0.05) is 18.5 Å². The Morgan fingerprint density at radius 1 is 1.17 bits per heavy atom. The van der Waals surface area contributed by atoms with Crippen LogP contribution in [0.2, 0.25) is 0 Å². The van der Waals surface area contributed by atoms with Crippen molar-refractivity contribution in [1.82, 2.24) is 4.57 Å². The highest BCUT2D eigenvalue weighted by molar-refractivity contribution is 5.86. The van der Waals surface area contributed by atoms with Crippen molar-refractivity contribution in [1.29, 1.82) is 0 Å². The fraction of sp³-hybridized carbons (Fsp3) is 0.167. The lowest BCUT2D eigenvalue weighted by Gasteiger charge is -2.10. The first-order valence-corrected chi connectivity index (χ1v) is 4.92. The fourth-order valence-electron chi connectivity index (χ4n) is 1.79. The molecule has 2 aromatic rings. The number of rotatable bonds is 1. The van der Waals surface area contributed by atoms with Gasteiger partial charge in [-0.3, -0.25) is 0 Å². The second-order valence-electron chi connectivity index (χ2n) is 3.89. The highest BCUT2D eigenvalue weighted by Crippen LogP contribution is 2.35. The summed E-state index contributed by atoms with van der Waals surface area (Å²) < 4.78 is 65.2. The zero-order chi connectivity index (χ0) is 13.7. The molecule has 1 aromatic heterocycles. The van der Waals surface area contributed by atoms with E-state index in [-0.39, 0.29) is 16.6 Å². The molecular weight excluding hydrogens is 253 g/mol. The third kappa shape index (κ3) is 1.87. The number of aryl methyl sites for hydroxylation is 1. The average Bonchev–Trinajstić information content (AvgIpc) is 2.54. The molecule has 0 atom stereocenters. The van der Waals surface area contributed by atoms with Gasteiger partial charge in [0.15, 0.2) is 0 Å². The summed E-state index contributed by atoms with van der Waals surface area (Å²) in [5.41, 5.74) is -1.34. The lowest BCUT2D eigenvalue weighted by atomic mass is 10.2. The molecule has 0 aliphatic carbocycles. The van der Waals surface area contributed by atoms with E-state index < -0.39 is 23.4 Å². The van der Waals surface area contributed by atoms with E-state index in [4.69, 9.17) is 0 Å². The van der Waals surface area contributed by atoms with Gasteiger partial charge >= 0.3 is 6.18 Å². The smallest absolute Gasteiger partial charge is 0.343 e. The molecule has 0 N–H and O–H groups in total. The number of hydrogen-bond acceptors (Lipinski definition) is 0. The summed E-state index contributed by atoms with van der Waals surface area (Å²) in [4.78, 5) is 0. The summed E-state index contributed by atoms with van der Waals surface area (Å²) in [6.07, 6.45) is -4.61. The first-order valence-electron chi connectivity index (χ1n) is 4.92. The molecule has 96 valence electrons. The molecule has 0 radical (unpaired) electrons. The van der Waals surface area contributed by atoms with Gasteiger partial charge in [-0.1, -0.05) is 6.58 Å². The van der Waals surface area contributed by atoms with Crippen molar-refractivity contribution in [2.75, 3.05) is 0 Å². The van der Waals surface area contributed by atoms with Gasteiger partial charge in [0.05, 0.1) is 16.8 Å². The first-order chi connectivity index (χ1) is 8.21. The van der Waals surface area contributed by atoms with Gasteiger partial charge in [-0.2, -0.15) is 13.2 Å². The zero-order valence-corrected chi connectivity index (χ0v) is 9.28. The van der Waals surface area contributed by atoms with Crippen LogP contribution in [0, 0.1) is 11.6 Å². The van der Waals surface area contributed by atoms with Crippen LogP contribution in [0.25, 0.3) is 16.5 Å². The quantitative estimate of drug-likeness (QED) is 0.683. The van der Waals surface area contributed by atoms with Gasteiger partial charge in [-0.25, -0.2) is 8.78 Å². The standard InChI is InChI=1S/C12H8F5N/c1-6(12(15,16)17)10-5-8-9(14)3-7(13)4-11(8)18(10)2/h3-5H,1H2,2H3. The maximum Gasteiger partial charge on any atom is 0.417 e. The van der Waals surface area contributed by atoms with E-state index in [9.17, 15) is 22.0 Å². The van der Waals surface area contributed by atoms with Crippen molar-refractivity contribution in [2.24, 2.45) is 7.05 Å². The van der Waals surface area contributed by atoms with Crippen molar-refractivity contribution in [3.63, 3.8) is 0 Å². The van der Waals surface area contributed by atoms with Crippen LogP contribution in [0.15, 0.2) is 24.8 Å². The number of alkyl halides is 3.